The molecule has 0 bridgehead atoms. The predicted molar refractivity (Wildman–Crippen MR) is 68.9 cm³/mol. The lowest BCUT2D eigenvalue weighted by Gasteiger charge is -2.01. The first-order chi connectivity index (χ1) is 8.08. The number of nitrogens with one attached hydrogen (secondary N) is 1. The van der Waals surface area contributed by atoms with Gasteiger partial charge in [0.1, 0.15) is 5.82 Å². The first kappa shape index (κ1) is 11.8. The standard InChI is InChI=1S/C13H12FNOS/c1-8(2)7-15-13(16)12-6-9-10(14)4-3-5-11(9)17-12/h3-6H,1,7H2,2H3,(H,15,16). The van der Waals surface area contributed by atoms with E-state index in [9.17, 15) is 9.18 Å². The highest BCUT2D eigenvalue weighted by Gasteiger charge is 2.11. The topological polar surface area (TPSA) is 29.1 Å². The maximum Gasteiger partial charge on any atom is 0.261 e. The lowest BCUT2D eigenvalue weighted by atomic mass is 10.2. The van der Waals surface area contributed by atoms with E-state index in [-0.39, 0.29) is 11.7 Å². The van der Waals surface area contributed by atoms with Crippen LogP contribution in [-0.2, 0) is 0 Å². The normalized spacial score (nSPS) is 10.5. The molecule has 2 aromatic rings. The summed E-state index contributed by atoms with van der Waals surface area (Å²) in [6.07, 6.45) is 0. The minimum absolute atomic E-state index is 0.186. The molecule has 0 aliphatic heterocycles. The SMILES string of the molecule is C=C(C)CNC(=O)c1cc2c(F)cccc2s1. The Morgan fingerprint density at radius 1 is 1.53 bits per heavy atom. The molecule has 0 aliphatic rings. The van der Waals surface area contributed by atoms with Crippen molar-refractivity contribution in [3.8, 4) is 0 Å². The molecule has 1 aromatic heterocycles. The second-order valence-electron chi connectivity index (χ2n) is 3.90. The molecule has 1 N–H and O–H groups in total. The van der Waals surface area contributed by atoms with E-state index < -0.39 is 0 Å². The van der Waals surface area contributed by atoms with Gasteiger partial charge in [0.05, 0.1) is 4.88 Å². The molecule has 0 atom stereocenters. The van der Waals surface area contributed by atoms with Crippen molar-refractivity contribution in [2.24, 2.45) is 0 Å². The number of benzene rings is 1. The van der Waals surface area contributed by atoms with Gasteiger partial charge in [-0.1, -0.05) is 18.2 Å². The van der Waals surface area contributed by atoms with E-state index in [1.165, 1.54) is 17.4 Å². The highest BCUT2D eigenvalue weighted by molar-refractivity contribution is 7.20. The summed E-state index contributed by atoms with van der Waals surface area (Å²) in [5.41, 5.74) is 0.880. The van der Waals surface area contributed by atoms with E-state index >= 15 is 0 Å². The van der Waals surface area contributed by atoms with Crippen molar-refractivity contribution in [3.63, 3.8) is 0 Å². The third-order valence-electron chi connectivity index (χ3n) is 2.28. The van der Waals surface area contributed by atoms with E-state index in [1.54, 1.807) is 18.2 Å². The Morgan fingerprint density at radius 2 is 2.29 bits per heavy atom. The smallest absolute Gasteiger partial charge is 0.261 e. The molecule has 2 nitrogen and oxygen atoms in total. The maximum atomic E-state index is 13.4. The lowest BCUT2D eigenvalue weighted by molar-refractivity contribution is 0.0961. The second kappa shape index (κ2) is 4.67. The molecule has 0 fully saturated rings. The van der Waals surface area contributed by atoms with Crippen LogP contribution < -0.4 is 5.32 Å². The molecule has 0 saturated carbocycles. The van der Waals surface area contributed by atoms with Gasteiger partial charge in [-0.15, -0.1) is 11.3 Å². The number of carbonyl (C=O) groups excluding carboxylic acids is 1. The van der Waals surface area contributed by atoms with Crippen LogP contribution in [0, 0.1) is 5.82 Å². The fourth-order valence-corrected chi connectivity index (χ4v) is 2.45. The largest absolute Gasteiger partial charge is 0.348 e. The Bertz CT molecular complexity index is 588. The quantitative estimate of drug-likeness (QED) is 0.830. The van der Waals surface area contributed by atoms with E-state index in [2.05, 4.69) is 11.9 Å². The second-order valence-corrected chi connectivity index (χ2v) is 4.99. The summed E-state index contributed by atoms with van der Waals surface area (Å²) >= 11 is 1.29. The molecular weight excluding hydrogens is 237 g/mol. The van der Waals surface area contributed by atoms with E-state index in [0.29, 0.717) is 16.8 Å². The Morgan fingerprint density at radius 3 is 2.94 bits per heavy atom. The molecule has 2 rings (SSSR count). The fourth-order valence-electron chi connectivity index (χ4n) is 1.46. The van der Waals surface area contributed by atoms with Gasteiger partial charge in [0.2, 0.25) is 0 Å². The summed E-state index contributed by atoms with van der Waals surface area (Å²) in [4.78, 5) is 12.3. The van der Waals surface area contributed by atoms with Gasteiger partial charge >= 0.3 is 0 Å². The van der Waals surface area contributed by atoms with Crippen LogP contribution in [0.4, 0.5) is 4.39 Å². The summed E-state index contributed by atoms with van der Waals surface area (Å²) < 4.78 is 14.2. The van der Waals surface area contributed by atoms with Crippen LogP contribution in [0.1, 0.15) is 16.6 Å². The van der Waals surface area contributed by atoms with Crippen molar-refractivity contribution >= 4 is 27.3 Å². The third kappa shape index (κ3) is 2.53. The molecule has 0 saturated heterocycles. The summed E-state index contributed by atoms with van der Waals surface area (Å²) in [7, 11) is 0. The monoisotopic (exact) mass is 249 g/mol. The van der Waals surface area contributed by atoms with Crippen LogP contribution in [0.3, 0.4) is 0 Å². The van der Waals surface area contributed by atoms with Crippen LogP contribution in [0.5, 0.6) is 0 Å². The van der Waals surface area contributed by atoms with Gasteiger partial charge < -0.3 is 5.32 Å². The van der Waals surface area contributed by atoms with Crippen molar-refractivity contribution in [1.29, 1.82) is 0 Å². The number of halogens is 1. The number of carbonyl (C=O) groups is 1. The molecule has 0 spiro atoms. The summed E-state index contributed by atoms with van der Waals surface area (Å²) in [5.74, 6) is -0.480. The van der Waals surface area contributed by atoms with Gasteiger partial charge in [0.15, 0.2) is 0 Å². The molecule has 0 unspecified atom stereocenters. The van der Waals surface area contributed by atoms with Crippen molar-refractivity contribution in [2.45, 2.75) is 6.92 Å². The number of hydrogen-bond donors (Lipinski definition) is 1. The Balaban J connectivity index is 2.27. The number of fused-ring (bicyclic) bond motifs is 1. The summed E-state index contributed by atoms with van der Waals surface area (Å²) in [6.45, 7) is 5.98. The zero-order chi connectivity index (χ0) is 12.4. The van der Waals surface area contributed by atoms with Gasteiger partial charge in [-0.25, -0.2) is 4.39 Å². The van der Waals surface area contributed by atoms with Crippen LogP contribution in [0.25, 0.3) is 10.1 Å². The minimum Gasteiger partial charge on any atom is -0.348 e. The molecule has 17 heavy (non-hydrogen) atoms. The molecule has 88 valence electrons. The molecule has 0 aliphatic carbocycles. The number of amides is 1. The van der Waals surface area contributed by atoms with Crippen LogP contribution >= 0.6 is 11.3 Å². The van der Waals surface area contributed by atoms with E-state index in [1.807, 2.05) is 6.92 Å². The van der Waals surface area contributed by atoms with Crippen molar-refractivity contribution < 1.29 is 9.18 Å². The van der Waals surface area contributed by atoms with E-state index in [0.717, 1.165) is 10.3 Å². The first-order valence-electron chi connectivity index (χ1n) is 5.18. The zero-order valence-corrected chi connectivity index (χ0v) is 10.2. The highest BCUT2D eigenvalue weighted by atomic mass is 32.1. The highest BCUT2D eigenvalue weighted by Crippen LogP contribution is 2.27. The minimum atomic E-state index is -0.294. The maximum absolute atomic E-state index is 13.4. The Kier molecular flexibility index (Phi) is 3.24. The van der Waals surface area contributed by atoms with Crippen LogP contribution in [0.2, 0.25) is 0 Å². The van der Waals surface area contributed by atoms with Crippen LogP contribution in [-0.4, -0.2) is 12.5 Å². The van der Waals surface area contributed by atoms with Crippen LogP contribution in [0.15, 0.2) is 36.4 Å². The van der Waals surface area contributed by atoms with E-state index in [4.69, 9.17) is 0 Å². The lowest BCUT2D eigenvalue weighted by Crippen LogP contribution is -2.23. The molecule has 4 heteroatoms. The molecular formula is C13H12FNOS. The van der Waals surface area contributed by atoms with Crippen molar-refractivity contribution in [2.75, 3.05) is 6.54 Å². The Labute approximate surface area is 103 Å². The number of hydrogen-bond acceptors (Lipinski definition) is 2. The van der Waals surface area contributed by atoms with Crippen molar-refractivity contribution in [3.05, 3.63) is 47.1 Å². The zero-order valence-electron chi connectivity index (χ0n) is 9.42. The van der Waals surface area contributed by atoms with Gasteiger partial charge in [-0.05, 0) is 25.1 Å². The van der Waals surface area contributed by atoms with Gasteiger partial charge in [-0.3, -0.25) is 4.79 Å². The van der Waals surface area contributed by atoms with Crippen molar-refractivity contribution in [1.82, 2.24) is 5.32 Å². The molecule has 1 heterocycles. The molecule has 1 aromatic carbocycles. The number of rotatable bonds is 3. The average Bonchev–Trinajstić information content (AvgIpc) is 2.71. The average molecular weight is 249 g/mol. The fraction of sp³-hybridized carbons (Fsp3) is 0.154. The summed E-state index contributed by atoms with van der Waals surface area (Å²) in [5, 5.41) is 3.23. The molecule has 0 radical (unpaired) electrons. The van der Waals surface area contributed by atoms with Gasteiger partial charge in [0, 0.05) is 16.6 Å². The number of thiophene rings is 1. The molecule has 1 amide bonds. The first-order valence-corrected chi connectivity index (χ1v) is 6.00. The predicted octanol–water partition coefficient (Wildman–Crippen LogP) is 3.35. The van der Waals surface area contributed by atoms with Gasteiger partial charge in [0.25, 0.3) is 5.91 Å². The summed E-state index contributed by atoms with van der Waals surface area (Å²) in [6, 6.07) is 6.43. The van der Waals surface area contributed by atoms with Gasteiger partial charge in [-0.2, -0.15) is 0 Å². The Hall–Kier alpha value is -1.68. The third-order valence-corrected chi connectivity index (χ3v) is 3.38.